The molecule has 0 radical (unpaired) electrons. The first-order chi connectivity index (χ1) is 9.15. The molecular formula is C14H21NO4. The zero-order valence-electron chi connectivity index (χ0n) is 11.6. The van der Waals surface area contributed by atoms with Gasteiger partial charge in [-0.2, -0.15) is 0 Å². The summed E-state index contributed by atoms with van der Waals surface area (Å²) >= 11 is 0. The number of hydrogen-bond donors (Lipinski definition) is 2. The van der Waals surface area contributed by atoms with E-state index in [-0.39, 0.29) is 18.6 Å². The highest BCUT2D eigenvalue weighted by Gasteiger charge is 2.14. The van der Waals surface area contributed by atoms with Crippen LogP contribution in [0.1, 0.15) is 30.6 Å². The van der Waals surface area contributed by atoms with Crippen molar-refractivity contribution in [3.63, 3.8) is 0 Å². The van der Waals surface area contributed by atoms with Gasteiger partial charge in [-0.3, -0.25) is 4.79 Å². The van der Waals surface area contributed by atoms with Crippen LogP contribution in [0.4, 0.5) is 0 Å². The van der Waals surface area contributed by atoms with Crippen LogP contribution < -0.4 is 14.8 Å². The van der Waals surface area contributed by atoms with Gasteiger partial charge >= 0.3 is 0 Å². The van der Waals surface area contributed by atoms with E-state index in [0.717, 1.165) is 0 Å². The molecule has 0 aliphatic heterocycles. The smallest absolute Gasteiger partial charge is 0.251 e. The van der Waals surface area contributed by atoms with Crippen LogP contribution in [0.2, 0.25) is 0 Å². The molecule has 1 rings (SSSR count). The number of nitrogens with one attached hydrogen (secondary N) is 1. The second-order valence-electron chi connectivity index (χ2n) is 4.06. The molecule has 0 fully saturated rings. The van der Waals surface area contributed by atoms with Crippen LogP contribution in [0, 0.1) is 0 Å². The predicted molar refractivity (Wildman–Crippen MR) is 72.8 cm³/mol. The summed E-state index contributed by atoms with van der Waals surface area (Å²) in [6, 6.07) is 4.78. The van der Waals surface area contributed by atoms with E-state index in [2.05, 4.69) is 5.32 Å². The molecule has 2 N–H and O–H groups in total. The summed E-state index contributed by atoms with van der Waals surface area (Å²) in [4.78, 5) is 12.0. The number of aliphatic hydroxyl groups excluding tert-OH is 1. The molecule has 0 aliphatic carbocycles. The zero-order valence-corrected chi connectivity index (χ0v) is 11.6. The molecule has 5 nitrogen and oxygen atoms in total. The van der Waals surface area contributed by atoms with E-state index >= 15 is 0 Å². The van der Waals surface area contributed by atoms with Gasteiger partial charge in [0.25, 0.3) is 5.91 Å². The highest BCUT2D eigenvalue weighted by atomic mass is 16.5. The van der Waals surface area contributed by atoms with Crippen molar-refractivity contribution in [2.45, 2.75) is 26.3 Å². The van der Waals surface area contributed by atoms with Gasteiger partial charge in [0.05, 0.1) is 26.4 Å². The van der Waals surface area contributed by atoms with Crippen LogP contribution in [0.3, 0.4) is 0 Å². The topological polar surface area (TPSA) is 67.8 Å². The van der Waals surface area contributed by atoms with Crippen molar-refractivity contribution in [2.75, 3.05) is 20.3 Å². The number of aliphatic hydroxyl groups is 1. The molecule has 1 aromatic rings. The summed E-state index contributed by atoms with van der Waals surface area (Å²) in [6.45, 7) is 4.24. The molecule has 0 saturated heterocycles. The van der Waals surface area contributed by atoms with Crippen LogP contribution in [0.25, 0.3) is 0 Å². The third-order valence-corrected chi connectivity index (χ3v) is 2.77. The number of ether oxygens (including phenoxy) is 2. The van der Waals surface area contributed by atoms with E-state index in [1.807, 2.05) is 13.8 Å². The fourth-order valence-corrected chi connectivity index (χ4v) is 1.63. The highest BCUT2D eigenvalue weighted by Crippen LogP contribution is 2.28. The van der Waals surface area contributed by atoms with Crippen molar-refractivity contribution in [2.24, 2.45) is 0 Å². The Morgan fingerprint density at radius 2 is 2.11 bits per heavy atom. The van der Waals surface area contributed by atoms with Crippen molar-refractivity contribution < 1.29 is 19.4 Å². The molecule has 1 aromatic carbocycles. The minimum absolute atomic E-state index is 0.0730. The van der Waals surface area contributed by atoms with E-state index in [4.69, 9.17) is 14.6 Å². The van der Waals surface area contributed by atoms with Gasteiger partial charge in [-0.1, -0.05) is 6.92 Å². The molecule has 0 saturated carbocycles. The monoisotopic (exact) mass is 267 g/mol. The summed E-state index contributed by atoms with van der Waals surface area (Å²) in [5.74, 6) is 0.893. The summed E-state index contributed by atoms with van der Waals surface area (Å²) in [5.41, 5.74) is 0.479. The van der Waals surface area contributed by atoms with Crippen LogP contribution in [0.5, 0.6) is 11.5 Å². The molecule has 0 heterocycles. The van der Waals surface area contributed by atoms with Gasteiger partial charge in [0.2, 0.25) is 0 Å². The zero-order chi connectivity index (χ0) is 14.3. The molecule has 1 amide bonds. The summed E-state index contributed by atoms with van der Waals surface area (Å²) < 4.78 is 10.6. The predicted octanol–water partition coefficient (Wildman–Crippen LogP) is 1.59. The standard InChI is InChI=1S/C14H21NO4/c1-4-11(9-16)15-14(17)10-6-7-12(19-5-2)13(8-10)18-3/h6-8,11,16H,4-5,9H2,1-3H3,(H,15,17)/t11-/m0/s1. The number of rotatable bonds is 7. The maximum Gasteiger partial charge on any atom is 0.251 e. The normalized spacial score (nSPS) is 11.8. The summed E-state index contributed by atoms with van der Waals surface area (Å²) in [5, 5.41) is 11.8. The minimum Gasteiger partial charge on any atom is -0.493 e. The van der Waals surface area contributed by atoms with E-state index in [1.165, 1.54) is 7.11 Å². The van der Waals surface area contributed by atoms with Crippen molar-refractivity contribution in [1.82, 2.24) is 5.32 Å². The number of hydrogen-bond acceptors (Lipinski definition) is 4. The van der Waals surface area contributed by atoms with Gasteiger partial charge in [0.1, 0.15) is 0 Å². The molecule has 0 unspecified atom stereocenters. The Hall–Kier alpha value is -1.75. The van der Waals surface area contributed by atoms with Gasteiger partial charge in [-0.25, -0.2) is 0 Å². The Kier molecular flexibility index (Phi) is 6.15. The molecule has 0 spiro atoms. The summed E-state index contributed by atoms with van der Waals surface area (Å²) in [7, 11) is 1.53. The van der Waals surface area contributed by atoms with E-state index in [1.54, 1.807) is 18.2 Å². The average molecular weight is 267 g/mol. The first-order valence-corrected chi connectivity index (χ1v) is 6.38. The molecule has 0 aromatic heterocycles. The number of amides is 1. The van der Waals surface area contributed by atoms with E-state index < -0.39 is 0 Å². The van der Waals surface area contributed by atoms with Crippen molar-refractivity contribution in [3.05, 3.63) is 23.8 Å². The Bertz CT molecular complexity index is 416. The number of benzene rings is 1. The van der Waals surface area contributed by atoms with Crippen molar-refractivity contribution >= 4 is 5.91 Å². The lowest BCUT2D eigenvalue weighted by Crippen LogP contribution is -2.36. The highest BCUT2D eigenvalue weighted by molar-refractivity contribution is 5.95. The first kappa shape index (κ1) is 15.3. The second kappa shape index (κ2) is 7.63. The fraction of sp³-hybridized carbons (Fsp3) is 0.500. The SMILES string of the molecule is CCOc1ccc(C(=O)N[C@@H](CC)CO)cc1OC. The van der Waals surface area contributed by atoms with Crippen LogP contribution >= 0.6 is 0 Å². The van der Waals surface area contributed by atoms with Gasteiger partial charge in [-0.15, -0.1) is 0 Å². The molecule has 106 valence electrons. The van der Waals surface area contributed by atoms with Crippen LogP contribution in [0.15, 0.2) is 18.2 Å². The Morgan fingerprint density at radius 1 is 1.37 bits per heavy atom. The lowest BCUT2D eigenvalue weighted by molar-refractivity contribution is 0.0914. The largest absolute Gasteiger partial charge is 0.493 e. The number of carbonyl (C=O) groups excluding carboxylic acids is 1. The van der Waals surface area contributed by atoms with Gasteiger partial charge in [0.15, 0.2) is 11.5 Å². The minimum atomic E-state index is -0.234. The Morgan fingerprint density at radius 3 is 2.63 bits per heavy atom. The van der Waals surface area contributed by atoms with Gasteiger partial charge in [0, 0.05) is 5.56 Å². The molecule has 1 atom stereocenters. The van der Waals surface area contributed by atoms with Crippen molar-refractivity contribution in [3.8, 4) is 11.5 Å². The third-order valence-electron chi connectivity index (χ3n) is 2.77. The van der Waals surface area contributed by atoms with Gasteiger partial charge in [-0.05, 0) is 31.5 Å². The summed E-state index contributed by atoms with van der Waals surface area (Å²) in [6.07, 6.45) is 0.677. The lowest BCUT2D eigenvalue weighted by Gasteiger charge is -2.15. The van der Waals surface area contributed by atoms with Crippen LogP contribution in [-0.4, -0.2) is 37.4 Å². The fourth-order valence-electron chi connectivity index (χ4n) is 1.63. The lowest BCUT2D eigenvalue weighted by atomic mass is 10.1. The number of carbonyl (C=O) groups is 1. The van der Waals surface area contributed by atoms with E-state index in [0.29, 0.717) is 30.1 Å². The molecule has 19 heavy (non-hydrogen) atoms. The van der Waals surface area contributed by atoms with E-state index in [9.17, 15) is 4.79 Å². The second-order valence-corrected chi connectivity index (χ2v) is 4.06. The molecule has 0 aliphatic rings. The molecule has 5 heteroatoms. The first-order valence-electron chi connectivity index (χ1n) is 6.38. The maximum absolute atomic E-state index is 12.0. The third kappa shape index (κ3) is 4.13. The Labute approximate surface area is 113 Å². The quantitative estimate of drug-likeness (QED) is 0.787. The maximum atomic E-state index is 12.0. The average Bonchev–Trinajstić information content (AvgIpc) is 2.45. The molecule has 0 bridgehead atoms. The van der Waals surface area contributed by atoms with Crippen LogP contribution in [-0.2, 0) is 0 Å². The molecular weight excluding hydrogens is 246 g/mol. The number of methoxy groups -OCH3 is 1. The Balaban J connectivity index is 2.86. The van der Waals surface area contributed by atoms with Crippen molar-refractivity contribution in [1.29, 1.82) is 0 Å². The van der Waals surface area contributed by atoms with Gasteiger partial charge < -0.3 is 19.9 Å².